The minimum Gasteiger partial charge on any atom is -0.271 e. The first-order valence-corrected chi connectivity index (χ1v) is 10.7. The lowest BCUT2D eigenvalue weighted by molar-refractivity contribution is -0.384. The lowest BCUT2D eigenvalue weighted by atomic mass is 10.1. The predicted octanol–water partition coefficient (Wildman–Crippen LogP) is 1.97. The van der Waals surface area contributed by atoms with Crippen LogP contribution in [0.15, 0.2) is 60.0 Å². The number of nitrogens with zero attached hydrogens (tertiary/aromatic N) is 1. The summed E-state index contributed by atoms with van der Waals surface area (Å²) < 4.78 is 27.0. The van der Waals surface area contributed by atoms with Crippen molar-refractivity contribution in [2.45, 2.75) is 19.9 Å². The lowest BCUT2D eigenvalue weighted by Crippen LogP contribution is -2.54. The molecular weight excluding hydrogens is 424 g/mol. The summed E-state index contributed by atoms with van der Waals surface area (Å²) in [5.41, 5.74) is 4.63. The topological polar surface area (TPSA) is 148 Å². The first-order chi connectivity index (χ1) is 14.6. The molecule has 0 radical (unpaired) electrons. The molecular formula is C20H22N4O6S. The highest BCUT2D eigenvalue weighted by molar-refractivity contribution is 7.92. The fraction of sp³-hybridized carbons (Fsp3) is 0.200. The standard InChI is InChI=1S/C20H22N4O6S/c1-14(2)18(23-31(29,30)12-11-15-7-4-3-5-8-15)20(26)22-21-19(25)16-9-6-10-17(13-16)24(27)28/h3-14,18,23H,1-2H3,(H,21,25)(H,22,26)/b12-11+/t18-/m0/s1. The highest BCUT2D eigenvalue weighted by Crippen LogP contribution is 2.13. The van der Waals surface area contributed by atoms with E-state index in [9.17, 15) is 28.1 Å². The number of nitrogens with one attached hydrogen (secondary N) is 3. The van der Waals surface area contributed by atoms with Crippen LogP contribution in [-0.4, -0.2) is 31.2 Å². The van der Waals surface area contributed by atoms with E-state index in [4.69, 9.17) is 0 Å². The van der Waals surface area contributed by atoms with Gasteiger partial charge in [-0.3, -0.25) is 30.6 Å². The van der Waals surface area contributed by atoms with Crippen molar-refractivity contribution in [3.8, 4) is 0 Å². The molecule has 0 aliphatic heterocycles. The van der Waals surface area contributed by atoms with E-state index in [0.717, 1.165) is 11.5 Å². The second-order valence-corrected chi connectivity index (χ2v) is 8.45. The minimum atomic E-state index is -3.95. The largest absolute Gasteiger partial charge is 0.271 e. The molecule has 11 heteroatoms. The number of carbonyl (C=O) groups excluding carboxylic acids is 2. The maximum atomic E-state index is 12.5. The monoisotopic (exact) mass is 446 g/mol. The molecule has 2 aromatic rings. The number of hydrogen-bond donors (Lipinski definition) is 3. The number of nitro benzene ring substituents is 1. The number of non-ortho nitro benzene ring substituents is 1. The zero-order chi connectivity index (χ0) is 23.0. The van der Waals surface area contributed by atoms with Crippen LogP contribution in [-0.2, 0) is 14.8 Å². The average Bonchev–Trinajstić information content (AvgIpc) is 2.75. The van der Waals surface area contributed by atoms with Crippen molar-refractivity contribution < 1.29 is 22.9 Å². The Morgan fingerprint density at radius 1 is 1.03 bits per heavy atom. The Kier molecular flexibility index (Phi) is 8.00. The molecule has 0 spiro atoms. The molecule has 0 aliphatic rings. The molecule has 0 heterocycles. The molecule has 0 aromatic heterocycles. The summed E-state index contributed by atoms with van der Waals surface area (Å²) in [5, 5.41) is 11.8. The smallest absolute Gasteiger partial charge is 0.270 e. The van der Waals surface area contributed by atoms with Gasteiger partial charge in [0, 0.05) is 23.1 Å². The van der Waals surface area contributed by atoms with E-state index >= 15 is 0 Å². The van der Waals surface area contributed by atoms with E-state index in [-0.39, 0.29) is 11.3 Å². The van der Waals surface area contributed by atoms with E-state index in [1.807, 2.05) is 0 Å². The zero-order valence-electron chi connectivity index (χ0n) is 16.8. The number of benzene rings is 2. The van der Waals surface area contributed by atoms with Gasteiger partial charge in [0.2, 0.25) is 10.0 Å². The van der Waals surface area contributed by atoms with E-state index in [2.05, 4.69) is 15.6 Å². The molecule has 3 N–H and O–H groups in total. The molecule has 0 bridgehead atoms. The van der Waals surface area contributed by atoms with Crippen LogP contribution in [0, 0.1) is 16.0 Å². The number of hydrogen-bond acceptors (Lipinski definition) is 6. The molecule has 164 valence electrons. The minimum absolute atomic E-state index is 0.0398. The maximum absolute atomic E-state index is 12.5. The molecule has 2 rings (SSSR count). The third kappa shape index (κ3) is 7.32. The van der Waals surface area contributed by atoms with Crippen LogP contribution in [0.2, 0.25) is 0 Å². The number of nitro groups is 1. The quantitative estimate of drug-likeness (QED) is 0.417. The first kappa shape index (κ1) is 23.7. The van der Waals surface area contributed by atoms with Crippen molar-refractivity contribution in [3.63, 3.8) is 0 Å². The summed E-state index contributed by atoms with van der Waals surface area (Å²) in [6.07, 6.45) is 1.39. The van der Waals surface area contributed by atoms with Crippen molar-refractivity contribution in [2.24, 2.45) is 5.92 Å². The molecule has 2 amide bonds. The number of sulfonamides is 1. The molecule has 0 fully saturated rings. The molecule has 0 aliphatic carbocycles. The summed E-state index contributed by atoms with van der Waals surface area (Å²) in [4.78, 5) is 34.8. The van der Waals surface area contributed by atoms with E-state index in [1.165, 1.54) is 24.3 Å². The molecule has 0 saturated heterocycles. The van der Waals surface area contributed by atoms with Crippen LogP contribution in [0.4, 0.5) is 5.69 Å². The van der Waals surface area contributed by atoms with Crippen molar-refractivity contribution in [2.75, 3.05) is 0 Å². The molecule has 31 heavy (non-hydrogen) atoms. The summed E-state index contributed by atoms with van der Waals surface area (Å²) in [5.74, 6) is -2.01. The summed E-state index contributed by atoms with van der Waals surface area (Å²) in [6, 6.07) is 12.5. The molecule has 0 saturated carbocycles. The van der Waals surface area contributed by atoms with E-state index in [1.54, 1.807) is 44.2 Å². The van der Waals surface area contributed by atoms with Gasteiger partial charge in [0.25, 0.3) is 17.5 Å². The SMILES string of the molecule is CC(C)[C@H](NS(=O)(=O)/C=C/c1ccccc1)C(=O)NNC(=O)c1cccc([N+](=O)[O-])c1. The Morgan fingerprint density at radius 2 is 1.71 bits per heavy atom. The molecule has 10 nitrogen and oxygen atoms in total. The third-order valence-electron chi connectivity index (χ3n) is 4.10. The average molecular weight is 446 g/mol. The third-order valence-corrected chi connectivity index (χ3v) is 5.17. The van der Waals surface area contributed by atoms with Crippen LogP contribution >= 0.6 is 0 Å². The molecule has 0 unspecified atom stereocenters. The van der Waals surface area contributed by atoms with Gasteiger partial charge in [-0.25, -0.2) is 8.42 Å². The van der Waals surface area contributed by atoms with Gasteiger partial charge in [-0.15, -0.1) is 0 Å². The van der Waals surface area contributed by atoms with Crippen molar-refractivity contribution in [3.05, 3.63) is 81.2 Å². The number of hydrazine groups is 1. The summed E-state index contributed by atoms with van der Waals surface area (Å²) in [6.45, 7) is 3.27. The van der Waals surface area contributed by atoms with Crippen LogP contribution in [0.5, 0.6) is 0 Å². The van der Waals surface area contributed by atoms with Gasteiger partial charge in [0.15, 0.2) is 0 Å². The zero-order valence-corrected chi connectivity index (χ0v) is 17.6. The fourth-order valence-corrected chi connectivity index (χ4v) is 3.62. The van der Waals surface area contributed by atoms with Crippen molar-refractivity contribution >= 4 is 33.6 Å². The van der Waals surface area contributed by atoms with Gasteiger partial charge >= 0.3 is 0 Å². The predicted molar refractivity (Wildman–Crippen MR) is 115 cm³/mol. The Bertz CT molecular complexity index is 1080. The highest BCUT2D eigenvalue weighted by atomic mass is 32.2. The molecule has 2 aromatic carbocycles. The van der Waals surface area contributed by atoms with Gasteiger partial charge in [-0.2, -0.15) is 4.72 Å². The fourth-order valence-electron chi connectivity index (χ4n) is 2.47. The second-order valence-electron chi connectivity index (χ2n) is 6.85. The van der Waals surface area contributed by atoms with Crippen LogP contribution in [0.25, 0.3) is 6.08 Å². The van der Waals surface area contributed by atoms with Gasteiger partial charge < -0.3 is 0 Å². The van der Waals surface area contributed by atoms with Gasteiger partial charge in [0.1, 0.15) is 6.04 Å². The number of amides is 2. The maximum Gasteiger partial charge on any atom is 0.270 e. The van der Waals surface area contributed by atoms with E-state index < -0.39 is 38.7 Å². The Labute approximate surface area is 179 Å². The van der Waals surface area contributed by atoms with Crippen LogP contribution in [0.1, 0.15) is 29.8 Å². The molecule has 1 atom stereocenters. The Hall–Kier alpha value is -3.57. The Balaban J connectivity index is 2.03. The van der Waals surface area contributed by atoms with Gasteiger partial charge in [0.05, 0.1) is 4.92 Å². The lowest BCUT2D eigenvalue weighted by Gasteiger charge is -2.20. The normalized spacial score (nSPS) is 12.5. The number of carbonyl (C=O) groups is 2. The van der Waals surface area contributed by atoms with Crippen molar-refractivity contribution in [1.29, 1.82) is 0 Å². The summed E-state index contributed by atoms with van der Waals surface area (Å²) in [7, 11) is -3.95. The highest BCUT2D eigenvalue weighted by Gasteiger charge is 2.26. The number of rotatable bonds is 8. The van der Waals surface area contributed by atoms with E-state index in [0.29, 0.717) is 5.56 Å². The van der Waals surface area contributed by atoms with Gasteiger partial charge in [-0.05, 0) is 23.6 Å². The first-order valence-electron chi connectivity index (χ1n) is 9.19. The van der Waals surface area contributed by atoms with Crippen LogP contribution < -0.4 is 15.6 Å². The van der Waals surface area contributed by atoms with Crippen molar-refractivity contribution in [1.82, 2.24) is 15.6 Å². The van der Waals surface area contributed by atoms with Crippen LogP contribution in [0.3, 0.4) is 0 Å². The Morgan fingerprint density at radius 3 is 2.32 bits per heavy atom. The van der Waals surface area contributed by atoms with Gasteiger partial charge in [-0.1, -0.05) is 50.2 Å². The summed E-state index contributed by atoms with van der Waals surface area (Å²) >= 11 is 0. The second kappa shape index (κ2) is 10.5.